The standard InChI is InChI=1S/C19H16FN3O2/c1-25-17-7-3-6-15(11-17)22-18-9-8-16(12-21-18)23-19(24)13-4-2-5-14(20)10-13/h2-12H,1H3,(H,21,22)(H,23,24). The van der Waals surface area contributed by atoms with Crippen molar-refractivity contribution in [1.82, 2.24) is 4.98 Å². The van der Waals surface area contributed by atoms with Crippen molar-refractivity contribution in [2.75, 3.05) is 17.7 Å². The van der Waals surface area contributed by atoms with E-state index < -0.39 is 11.7 Å². The first-order chi connectivity index (χ1) is 12.1. The zero-order chi connectivity index (χ0) is 17.6. The number of halogens is 1. The number of hydrogen-bond donors (Lipinski definition) is 2. The summed E-state index contributed by atoms with van der Waals surface area (Å²) in [6.45, 7) is 0. The van der Waals surface area contributed by atoms with Crippen molar-refractivity contribution in [1.29, 1.82) is 0 Å². The number of amides is 1. The van der Waals surface area contributed by atoms with Crippen LogP contribution in [0, 0.1) is 5.82 Å². The number of nitrogens with one attached hydrogen (secondary N) is 2. The van der Waals surface area contributed by atoms with Gasteiger partial charge < -0.3 is 15.4 Å². The van der Waals surface area contributed by atoms with Crippen LogP contribution < -0.4 is 15.4 Å². The molecule has 1 aromatic heterocycles. The SMILES string of the molecule is COc1cccc(Nc2ccc(NC(=O)c3cccc(F)c3)cn2)c1. The van der Waals surface area contributed by atoms with Gasteiger partial charge in [0.05, 0.1) is 19.0 Å². The van der Waals surface area contributed by atoms with Crippen LogP contribution in [0.25, 0.3) is 0 Å². The first kappa shape index (κ1) is 16.4. The van der Waals surface area contributed by atoms with Gasteiger partial charge in [-0.2, -0.15) is 0 Å². The summed E-state index contributed by atoms with van der Waals surface area (Å²) in [4.78, 5) is 16.3. The molecule has 126 valence electrons. The fourth-order valence-corrected chi connectivity index (χ4v) is 2.22. The maximum absolute atomic E-state index is 13.2. The van der Waals surface area contributed by atoms with Gasteiger partial charge in [0.1, 0.15) is 17.4 Å². The van der Waals surface area contributed by atoms with E-state index in [2.05, 4.69) is 15.6 Å². The molecule has 0 saturated carbocycles. The molecule has 2 N–H and O–H groups in total. The fourth-order valence-electron chi connectivity index (χ4n) is 2.22. The van der Waals surface area contributed by atoms with E-state index in [1.165, 1.54) is 24.4 Å². The second-order valence-electron chi connectivity index (χ2n) is 5.25. The van der Waals surface area contributed by atoms with Gasteiger partial charge in [0.15, 0.2) is 0 Å². The molecule has 3 rings (SSSR count). The quantitative estimate of drug-likeness (QED) is 0.731. The number of anilines is 3. The van der Waals surface area contributed by atoms with E-state index in [0.29, 0.717) is 11.5 Å². The average Bonchev–Trinajstić information content (AvgIpc) is 2.63. The van der Waals surface area contributed by atoms with Crippen LogP contribution in [0.1, 0.15) is 10.4 Å². The summed E-state index contributed by atoms with van der Waals surface area (Å²) >= 11 is 0. The van der Waals surface area contributed by atoms with Crippen LogP contribution >= 0.6 is 0 Å². The monoisotopic (exact) mass is 337 g/mol. The minimum absolute atomic E-state index is 0.249. The lowest BCUT2D eigenvalue weighted by Crippen LogP contribution is -2.12. The number of carbonyl (C=O) groups is 1. The number of methoxy groups -OCH3 is 1. The Balaban J connectivity index is 1.66. The van der Waals surface area contributed by atoms with Crippen LogP contribution in [0.2, 0.25) is 0 Å². The lowest BCUT2D eigenvalue weighted by Gasteiger charge is -2.09. The summed E-state index contributed by atoms with van der Waals surface area (Å²) in [5, 5.41) is 5.82. The molecule has 0 bridgehead atoms. The topological polar surface area (TPSA) is 63.2 Å². The van der Waals surface area contributed by atoms with Gasteiger partial charge in [-0.3, -0.25) is 4.79 Å². The molecule has 0 aliphatic heterocycles. The van der Waals surface area contributed by atoms with E-state index in [-0.39, 0.29) is 5.56 Å². The van der Waals surface area contributed by atoms with E-state index in [9.17, 15) is 9.18 Å². The average molecular weight is 337 g/mol. The van der Waals surface area contributed by atoms with Crippen LogP contribution in [0.3, 0.4) is 0 Å². The largest absolute Gasteiger partial charge is 0.497 e. The number of carbonyl (C=O) groups excluding carboxylic acids is 1. The maximum atomic E-state index is 13.2. The molecule has 0 aliphatic rings. The van der Waals surface area contributed by atoms with Crippen molar-refractivity contribution in [3.05, 3.63) is 78.2 Å². The lowest BCUT2D eigenvalue weighted by molar-refractivity contribution is 0.102. The number of hydrogen-bond acceptors (Lipinski definition) is 4. The van der Waals surface area contributed by atoms with E-state index >= 15 is 0 Å². The second-order valence-corrected chi connectivity index (χ2v) is 5.25. The van der Waals surface area contributed by atoms with Crippen molar-refractivity contribution in [3.63, 3.8) is 0 Å². The molecule has 1 heterocycles. The van der Waals surface area contributed by atoms with Gasteiger partial charge in [0.2, 0.25) is 0 Å². The Morgan fingerprint density at radius 3 is 2.60 bits per heavy atom. The number of ether oxygens (including phenoxy) is 1. The van der Waals surface area contributed by atoms with Crippen molar-refractivity contribution < 1.29 is 13.9 Å². The molecular weight excluding hydrogens is 321 g/mol. The van der Waals surface area contributed by atoms with Crippen LogP contribution in [0.4, 0.5) is 21.6 Å². The smallest absolute Gasteiger partial charge is 0.255 e. The first-order valence-corrected chi connectivity index (χ1v) is 7.58. The number of benzene rings is 2. The molecule has 1 amide bonds. The summed E-state index contributed by atoms with van der Waals surface area (Å²) in [7, 11) is 1.60. The number of rotatable bonds is 5. The Bertz CT molecular complexity index is 882. The molecule has 3 aromatic rings. The molecule has 5 nitrogen and oxygen atoms in total. The van der Waals surface area contributed by atoms with E-state index in [1.807, 2.05) is 24.3 Å². The van der Waals surface area contributed by atoms with Crippen molar-refractivity contribution >= 4 is 23.1 Å². The minimum Gasteiger partial charge on any atom is -0.497 e. The summed E-state index contributed by atoms with van der Waals surface area (Å²) in [6.07, 6.45) is 1.53. The Morgan fingerprint density at radius 2 is 1.88 bits per heavy atom. The molecule has 0 unspecified atom stereocenters. The number of nitrogens with zero attached hydrogens (tertiary/aromatic N) is 1. The molecule has 6 heteroatoms. The summed E-state index contributed by atoms with van der Waals surface area (Å²) in [5.41, 5.74) is 1.60. The van der Waals surface area contributed by atoms with Crippen LogP contribution in [0.5, 0.6) is 5.75 Å². The highest BCUT2D eigenvalue weighted by Crippen LogP contribution is 2.21. The van der Waals surface area contributed by atoms with E-state index in [4.69, 9.17) is 4.74 Å². The molecule has 2 aromatic carbocycles. The highest BCUT2D eigenvalue weighted by molar-refractivity contribution is 6.04. The third kappa shape index (κ3) is 4.32. The molecule has 0 radical (unpaired) electrons. The van der Waals surface area contributed by atoms with Gasteiger partial charge in [0.25, 0.3) is 5.91 Å². The predicted octanol–water partition coefficient (Wildman–Crippen LogP) is 4.23. The minimum atomic E-state index is -0.455. The Hall–Kier alpha value is -3.41. The van der Waals surface area contributed by atoms with E-state index in [0.717, 1.165) is 11.4 Å². The highest BCUT2D eigenvalue weighted by atomic mass is 19.1. The van der Waals surface area contributed by atoms with Crippen molar-refractivity contribution in [3.8, 4) is 5.75 Å². The molecule has 0 fully saturated rings. The van der Waals surface area contributed by atoms with Gasteiger partial charge in [0, 0.05) is 17.3 Å². The number of aromatic nitrogens is 1. The Labute approximate surface area is 144 Å². The molecule has 0 saturated heterocycles. The van der Waals surface area contributed by atoms with Gasteiger partial charge in [-0.05, 0) is 42.5 Å². The number of pyridine rings is 1. The zero-order valence-electron chi connectivity index (χ0n) is 13.5. The van der Waals surface area contributed by atoms with Gasteiger partial charge >= 0.3 is 0 Å². The fraction of sp³-hybridized carbons (Fsp3) is 0.0526. The predicted molar refractivity (Wildman–Crippen MR) is 94.9 cm³/mol. The summed E-state index contributed by atoms with van der Waals surface area (Å²) < 4.78 is 18.3. The van der Waals surface area contributed by atoms with Gasteiger partial charge in [-0.15, -0.1) is 0 Å². The normalized spacial score (nSPS) is 10.2. The van der Waals surface area contributed by atoms with E-state index in [1.54, 1.807) is 25.3 Å². The van der Waals surface area contributed by atoms with Crippen LogP contribution in [-0.4, -0.2) is 18.0 Å². The maximum Gasteiger partial charge on any atom is 0.255 e. The summed E-state index contributed by atoms with van der Waals surface area (Å²) in [5.74, 6) is 0.513. The third-order valence-electron chi connectivity index (χ3n) is 3.45. The zero-order valence-corrected chi connectivity index (χ0v) is 13.5. The Kier molecular flexibility index (Phi) is 4.89. The highest BCUT2D eigenvalue weighted by Gasteiger charge is 2.07. The van der Waals surface area contributed by atoms with Crippen LogP contribution in [0.15, 0.2) is 66.9 Å². The molecule has 25 heavy (non-hydrogen) atoms. The second kappa shape index (κ2) is 7.44. The first-order valence-electron chi connectivity index (χ1n) is 7.58. The van der Waals surface area contributed by atoms with Crippen molar-refractivity contribution in [2.45, 2.75) is 0 Å². The van der Waals surface area contributed by atoms with Gasteiger partial charge in [-0.25, -0.2) is 9.37 Å². The molecular formula is C19H16FN3O2. The summed E-state index contributed by atoms with van der Waals surface area (Å²) in [6, 6.07) is 16.4. The molecule has 0 atom stereocenters. The third-order valence-corrected chi connectivity index (χ3v) is 3.45. The molecule has 0 spiro atoms. The Morgan fingerprint density at radius 1 is 1.04 bits per heavy atom. The lowest BCUT2D eigenvalue weighted by atomic mass is 10.2. The van der Waals surface area contributed by atoms with Crippen molar-refractivity contribution in [2.24, 2.45) is 0 Å². The van der Waals surface area contributed by atoms with Gasteiger partial charge in [-0.1, -0.05) is 12.1 Å². The van der Waals surface area contributed by atoms with Crippen LogP contribution in [-0.2, 0) is 0 Å². The molecule has 0 aliphatic carbocycles.